The van der Waals surface area contributed by atoms with Crippen molar-refractivity contribution in [2.45, 2.75) is 13.1 Å². The standard InChI is InChI=1S/C36H19F3N4/c1-20-13-15-24-26(17-20)35(43-41-2)33-29(22-11-7-4-8-12-22)30-25-16-14-23(36(37,38)39)18-27(25)34(42-19-40)32(30)28(31(24)33)21-9-5-3-6-10-21/h3-18H,1H3/b42-34+,43-35+. The third-order valence-corrected chi connectivity index (χ3v) is 7.98. The molecule has 0 aliphatic heterocycles. The number of hydrogen-bond donors (Lipinski definition) is 0. The Kier molecular flexibility index (Phi) is 5.86. The lowest BCUT2D eigenvalue weighted by molar-refractivity contribution is -0.137. The van der Waals surface area contributed by atoms with Gasteiger partial charge in [-0.3, -0.25) is 0 Å². The molecule has 7 aromatic rings. The van der Waals surface area contributed by atoms with Gasteiger partial charge in [0.25, 0.3) is 0 Å². The zero-order valence-corrected chi connectivity index (χ0v) is 22.7. The van der Waals surface area contributed by atoms with Crippen LogP contribution >= 0.6 is 0 Å². The van der Waals surface area contributed by atoms with Gasteiger partial charge >= 0.3 is 6.18 Å². The Morgan fingerprint density at radius 1 is 0.674 bits per heavy atom. The van der Waals surface area contributed by atoms with E-state index in [4.69, 9.17) is 6.57 Å². The van der Waals surface area contributed by atoms with Gasteiger partial charge in [-0.2, -0.15) is 30.0 Å². The van der Waals surface area contributed by atoms with E-state index in [1.807, 2.05) is 92.0 Å². The number of rotatable bonds is 2. The molecule has 0 amide bonds. The van der Waals surface area contributed by atoms with Crippen molar-refractivity contribution < 1.29 is 13.2 Å². The maximum absolute atomic E-state index is 14.0. The molecule has 43 heavy (non-hydrogen) atoms. The molecule has 0 bridgehead atoms. The van der Waals surface area contributed by atoms with Crippen LogP contribution in [0.5, 0.6) is 0 Å². The molecule has 0 atom stereocenters. The van der Waals surface area contributed by atoms with Crippen molar-refractivity contribution in [3.63, 3.8) is 0 Å². The van der Waals surface area contributed by atoms with Crippen molar-refractivity contribution >= 4 is 43.1 Å². The fourth-order valence-electron chi connectivity index (χ4n) is 6.35. The van der Waals surface area contributed by atoms with Crippen LogP contribution in [0.15, 0.2) is 107 Å². The van der Waals surface area contributed by atoms with E-state index in [-0.39, 0.29) is 10.7 Å². The van der Waals surface area contributed by atoms with Gasteiger partial charge in [0, 0.05) is 43.4 Å². The van der Waals surface area contributed by atoms with Gasteiger partial charge in [-0.25, -0.2) is 0 Å². The molecular weight excluding hydrogens is 545 g/mol. The van der Waals surface area contributed by atoms with Crippen molar-refractivity contribution in [2.24, 2.45) is 10.1 Å². The van der Waals surface area contributed by atoms with Gasteiger partial charge in [0.15, 0.2) is 5.36 Å². The van der Waals surface area contributed by atoms with Gasteiger partial charge in [0.05, 0.1) is 16.0 Å². The number of hydrogen-bond acceptors (Lipinski definition) is 3. The molecule has 204 valence electrons. The molecular formula is C36H19F3N4. The van der Waals surface area contributed by atoms with E-state index < -0.39 is 11.7 Å². The second kappa shape index (κ2) is 9.65. The summed E-state index contributed by atoms with van der Waals surface area (Å²) in [5.74, 6) is 0. The van der Waals surface area contributed by atoms with E-state index in [2.05, 4.69) is 15.0 Å². The Hall–Kier alpha value is -5.79. The van der Waals surface area contributed by atoms with Gasteiger partial charge in [-0.05, 0) is 47.0 Å². The highest BCUT2D eigenvalue weighted by Crippen LogP contribution is 2.48. The van der Waals surface area contributed by atoms with Crippen molar-refractivity contribution in [1.82, 2.24) is 0 Å². The summed E-state index contributed by atoms with van der Waals surface area (Å²) >= 11 is 0. The average molecular weight is 565 g/mol. The molecule has 7 heteroatoms. The lowest BCUT2D eigenvalue weighted by atomic mass is 9.88. The largest absolute Gasteiger partial charge is 0.416 e. The van der Waals surface area contributed by atoms with Crippen LogP contribution in [0, 0.1) is 25.0 Å². The topological polar surface area (TPSA) is 52.9 Å². The first-order valence-electron chi connectivity index (χ1n) is 13.4. The number of alkyl halides is 3. The summed E-state index contributed by atoms with van der Waals surface area (Å²) in [4.78, 5) is 7.63. The van der Waals surface area contributed by atoms with Crippen LogP contribution in [0.25, 0.3) is 70.3 Å². The smallest absolute Gasteiger partial charge is 0.181 e. The lowest BCUT2D eigenvalue weighted by Crippen LogP contribution is -2.06. The van der Waals surface area contributed by atoms with E-state index in [1.54, 1.807) is 0 Å². The first-order valence-corrected chi connectivity index (χ1v) is 13.4. The van der Waals surface area contributed by atoms with Gasteiger partial charge < -0.3 is 0 Å². The number of nitrogens with zero attached hydrogens (tertiary/aromatic N) is 4. The second-order valence-corrected chi connectivity index (χ2v) is 10.4. The number of fused-ring (bicyclic) bond motifs is 6. The van der Waals surface area contributed by atoms with E-state index in [9.17, 15) is 18.4 Å². The Morgan fingerprint density at radius 2 is 1.21 bits per heavy atom. The van der Waals surface area contributed by atoms with Crippen LogP contribution in [-0.4, -0.2) is 0 Å². The second-order valence-electron chi connectivity index (χ2n) is 10.4. The highest BCUT2D eigenvalue weighted by molar-refractivity contribution is 6.34. The Labute approximate surface area is 243 Å². The minimum absolute atomic E-state index is 0.182. The molecule has 0 fully saturated rings. The first kappa shape index (κ1) is 26.1. The predicted octanol–water partition coefficient (Wildman–Crippen LogP) is 8.95. The van der Waals surface area contributed by atoms with Gasteiger partial charge in [-0.1, -0.05) is 84.4 Å². The summed E-state index contributed by atoms with van der Waals surface area (Å²) in [5.41, 5.74) is 3.24. The summed E-state index contributed by atoms with van der Waals surface area (Å²) < 4.78 is 41.9. The fraction of sp³-hybridized carbons (Fsp3) is 0.0556. The van der Waals surface area contributed by atoms with Crippen LogP contribution in [0.3, 0.4) is 0 Å². The molecule has 0 aromatic heterocycles. The first-order chi connectivity index (χ1) is 20.8. The van der Waals surface area contributed by atoms with Gasteiger partial charge in [0.2, 0.25) is 6.19 Å². The zero-order chi connectivity index (χ0) is 29.9. The molecule has 0 unspecified atom stereocenters. The van der Waals surface area contributed by atoms with E-state index in [1.165, 1.54) is 6.07 Å². The van der Waals surface area contributed by atoms with Crippen LogP contribution in [-0.2, 0) is 6.18 Å². The van der Waals surface area contributed by atoms with Crippen molar-refractivity contribution in [2.75, 3.05) is 0 Å². The third kappa shape index (κ3) is 3.90. The molecule has 7 rings (SSSR count). The minimum atomic E-state index is -4.58. The molecule has 0 saturated heterocycles. The molecule has 0 spiro atoms. The monoisotopic (exact) mass is 564 g/mol. The Balaban J connectivity index is 1.93. The molecule has 0 saturated carbocycles. The summed E-state index contributed by atoms with van der Waals surface area (Å²) in [6, 6.07) is 28.7. The molecule has 7 aromatic carbocycles. The Bertz CT molecular complexity index is 2420. The van der Waals surface area contributed by atoms with E-state index >= 15 is 0 Å². The maximum Gasteiger partial charge on any atom is 0.416 e. The number of nitriles is 1. The molecule has 0 N–H and O–H groups in total. The van der Waals surface area contributed by atoms with Crippen LogP contribution in [0.1, 0.15) is 11.1 Å². The normalized spacial score (nSPS) is 12.9. The number of benzene rings is 5. The summed E-state index contributed by atoms with van der Waals surface area (Å²) in [6.07, 6.45) is -2.73. The molecule has 0 heterocycles. The van der Waals surface area contributed by atoms with Gasteiger partial charge in [-0.15, -0.1) is 4.95 Å². The minimum Gasteiger partial charge on any atom is -0.181 e. The zero-order valence-electron chi connectivity index (χ0n) is 22.7. The molecule has 0 radical (unpaired) electrons. The number of aryl methyl sites for hydroxylation is 1. The highest BCUT2D eigenvalue weighted by Gasteiger charge is 2.32. The molecule has 0 aliphatic rings. The van der Waals surface area contributed by atoms with Gasteiger partial charge in [0.1, 0.15) is 0 Å². The quantitative estimate of drug-likeness (QED) is 0.117. The third-order valence-electron chi connectivity index (χ3n) is 7.98. The van der Waals surface area contributed by atoms with Crippen LogP contribution in [0.2, 0.25) is 0 Å². The predicted molar refractivity (Wildman–Crippen MR) is 163 cm³/mol. The van der Waals surface area contributed by atoms with Crippen LogP contribution in [0.4, 0.5) is 13.2 Å². The van der Waals surface area contributed by atoms with Crippen molar-refractivity contribution in [1.29, 1.82) is 5.26 Å². The van der Waals surface area contributed by atoms with Crippen molar-refractivity contribution in [3.05, 3.63) is 130 Å². The Morgan fingerprint density at radius 3 is 1.74 bits per heavy atom. The summed E-state index contributed by atoms with van der Waals surface area (Å²) in [7, 11) is 0. The van der Waals surface area contributed by atoms with E-state index in [0.29, 0.717) is 21.5 Å². The maximum atomic E-state index is 14.0. The SMILES string of the molecule is [C-]#[N+]/N=c1\c2cc(C)ccc2c2c(-c3ccccc3)c3/c(=N/C#N)c4cc(C(F)(F)F)ccc4c3c(-c3ccccc3)c12. The summed E-state index contributed by atoms with van der Waals surface area (Å²) in [6.45, 7) is 9.69. The molecule has 4 nitrogen and oxygen atoms in total. The van der Waals surface area contributed by atoms with Crippen molar-refractivity contribution in [3.8, 4) is 28.4 Å². The molecule has 0 aliphatic carbocycles. The average Bonchev–Trinajstić information content (AvgIpc) is 3.49. The highest BCUT2D eigenvalue weighted by atomic mass is 19.4. The van der Waals surface area contributed by atoms with E-state index in [0.717, 1.165) is 61.5 Å². The lowest BCUT2D eigenvalue weighted by Gasteiger charge is -2.14. The fourth-order valence-corrected chi connectivity index (χ4v) is 6.35. The number of halogens is 3. The summed E-state index contributed by atoms with van der Waals surface area (Å²) in [5, 5.41) is 20.0. The van der Waals surface area contributed by atoms with Crippen LogP contribution < -0.4 is 10.7 Å².